The molecule has 1 N–H and O–H groups in total. The highest BCUT2D eigenvalue weighted by Gasteiger charge is 2.34. The molecule has 0 radical (unpaired) electrons. The summed E-state index contributed by atoms with van der Waals surface area (Å²) in [5, 5.41) is 7.25. The molecule has 2 atom stereocenters. The Morgan fingerprint density at radius 1 is 1.46 bits per heavy atom. The Balaban J connectivity index is 1.81. The monoisotopic (exact) mass is 331 g/mol. The van der Waals surface area contributed by atoms with Crippen LogP contribution in [0.2, 0.25) is 0 Å². The van der Waals surface area contributed by atoms with Gasteiger partial charge in [-0.25, -0.2) is 4.39 Å². The van der Waals surface area contributed by atoms with Gasteiger partial charge in [0.25, 0.3) is 5.91 Å². The summed E-state index contributed by atoms with van der Waals surface area (Å²) in [6.45, 7) is 8.66. The zero-order valence-electron chi connectivity index (χ0n) is 14.3. The number of ether oxygens (including phenoxy) is 1. The number of nitrogens with one attached hydrogen (secondary N) is 1. The maximum absolute atomic E-state index is 13.8. The summed E-state index contributed by atoms with van der Waals surface area (Å²) in [6.07, 6.45) is 1.26. The number of para-hydroxylation sites is 1. The van der Waals surface area contributed by atoms with Gasteiger partial charge in [-0.15, -0.1) is 0 Å². The molecule has 128 valence electrons. The molecule has 0 saturated heterocycles. The lowest BCUT2D eigenvalue weighted by Gasteiger charge is -2.16. The van der Waals surface area contributed by atoms with Crippen molar-refractivity contribution in [2.45, 2.75) is 46.4 Å². The van der Waals surface area contributed by atoms with Gasteiger partial charge < -0.3 is 10.1 Å². The predicted molar refractivity (Wildman–Crippen MR) is 88.5 cm³/mol. The van der Waals surface area contributed by atoms with Crippen LogP contribution in [0.4, 0.5) is 4.39 Å². The maximum atomic E-state index is 13.8. The molecule has 0 aliphatic carbocycles. The lowest BCUT2D eigenvalue weighted by molar-refractivity contribution is 0.0907. The Bertz CT molecular complexity index is 770. The van der Waals surface area contributed by atoms with Crippen LogP contribution in [0.1, 0.15) is 48.4 Å². The van der Waals surface area contributed by atoms with E-state index >= 15 is 0 Å². The minimum Gasteiger partial charge on any atom is -0.485 e. The molecule has 2 aromatic rings. The van der Waals surface area contributed by atoms with Gasteiger partial charge in [0.2, 0.25) is 0 Å². The van der Waals surface area contributed by atoms with E-state index in [9.17, 15) is 9.18 Å². The summed E-state index contributed by atoms with van der Waals surface area (Å²) in [5.41, 5.74) is 2.03. The quantitative estimate of drug-likeness (QED) is 0.936. The van der Waals surface area contributed by atoms with E-state index in [0.29, 0.717) is 17.0 Å². The fourth-order valence-corrected chi connectivity index (χ4v) is 3.02. The molecule has 0 saturated carbocycles. The third-order valence-electron chi connectivity index (χ3n) is 4.28. The highest BCUT2D eigenvalue weighted by Crippen LogP contribution is 2.38. The Hall–Kier alpha value is -2.37. The molecule has 0 spiro atoms. The van der Waals surface area contributed by atoms with Crippen LogP contribution in [-0.2, 0) is 6.54 Å². The molecule has 0 fully saturated rings. The zero-order chi connectivity index (χ0) is 17.4. The van der Waals surface area contributed by atoms with Crippen LogP contribution in [-0.4, -0.2) is 21.8 Å². The number of aromatic nitrogens is 2. The van der Waals surface area contributed by atoms with Crippen molar-refractivity contribution in [3.63, 3.8) is 0 Å². The van der Waals surface area contributed by atoms with Gasteiger partial charge >= 0.3 is 0 Å². The van der Waals surface area contributed by atoms with Crippen molar-refractivity contribution in [2.24, 2.45) is 5.92 Å². The second-order valence-electron chi connectivity index (χ2n) is 6.65. The number of amides is 1. The van der Waals surface area contributed by atoms with Crippen molar-refractivity contribution in [1.82, 2.24) is 15.1 Å². The lowest BCUT2D eigenvalue weighted by atomic mass is 10.0. The first-order valence-corrected chi connectivity index (χ1v) is 8.16. The molecule has 1 aromatic carbocycles. The normalized spacial score (nSPS) is 19.2. The first kappa shape index (κ1) is 16.5. The van der Waals surface area contributed by atoms with Gasteiger partial charge in [-0.05, 0) is 25.8 Å². The summed E-state index contributed by atoms with van der Waals surface area (Å²) in [6, 6.07) is 4.38. The van der Waals surface area contributed by atoms with Crippen LogP contribution in [0.25, 0.3) is 0 Å². The third kappa shape index (κ3) is 2.88. The number of hydrogen-bond donors (Lipinski definition) is 1. The van der Waals surface area contributed by atoms with Crippen LogP contribution < -0.4 is 10.1 Å². The van der Waals surface area contributed by atoms with Gasteiger partial charge in [0.15, 0.2) is 11.6 Å². The highest BCUT2D eigenvalue weighted by atomic mass is 19.1. The van der Waals surface area contributed by atoms with Gasteiger partial charge in [0.05, 0.1) is 17.8 Å². The smallest absolute Gasteiger partial charge is 0.255 e. The average molecular weight is 331 g/mol. The molecule has 5 nitrogen and oxygen atoms in total. The Morgan fingerprint density at radius 3 is 2.92 bits per heavy atom. The number of fused-ring (bicyclic) bond motifs is 1. The summed E-state index contributed by atoms with van der Waals surface area (Å²) in [5.74, 6) is 0.0391. The Morgan fingerprint density at radius 2 is 2.21 bits per heavy atom. The van der Waals surface area contributed by atoms with E-state index < -0.39 is 5.82 Å². The first-order valence-electron chi connectivity index (χ1n) is 8.16. The number of hydrogen-bond acceptors (Lipinski definition) is 3. The van der Waals surface area contributed by atoms with E-state index in [4.69, 9.17) is 4.74 Å². The third-order valence-corrected chi connectivity index (χ3v) is 4.28. The van der Waals surface area contributed by atoms with E-state index in [-0.39, 0.29) is 23.8 Å². The molecule has 1 amide bonds. The van der Waals surface area contributed by atoms with E-state index in [1.165, 1.54) is 6.07 Å². The van der Waals surface area contributed by atoms with Gasteiger partial charge in [0, 0.05) is 17.8 Å². The van der Waals surface area contributed by atoms with Crippen LogP contribution in [0.3, 0.4) is 0 Å². The van der Waals surface area contributed by atoms with E-state index in [1.807, 2.05) is 18.5 Å². The number of carbonyl (C=O) groups excluding carboxylic acids is 1. The second kappa shape index (κ2) is 6.26. The van der Waals surface area contributed by atoms with E-state index in [2.05, 4.69) is 24.3 Å². The molecular formula is C18H22FN3O2. The molecule has 1 aromatic heterocycles. The van der Waals surface area contributed by atoms with Crippen molar-refractivity contribution >= 4 is 5.91 Å². The number of nitrogens with zero attached hydrogens (tertiary/aromatic N) is 2. The molecule has 3 rings (SSSR count). The van der Waals surface area contributed by atoms with Gasteiger partial charge in [0.1, 0.15) is 6.10 Å². The predicted octanol–water partition coefficient (Wildman–Crippen LogP) is 3.24. The van der Waals surface area contributed by atoms with E-state index in [1.54, 1.807) is 18.3 Å². The fourth-order valence-electron chi connectivity index (χ4n) is 3.02. The molecule has 0 bridgehead atoms. The minimum atomic E-state index is -0.406. The van der Waals surface area contributed by atoms with Crippen molar-refractivity contribution in [2.75, 3.05) is 0 Å². The SMILES string of the molecule is Cc1c(C(=O)N[C@H]2c3cccc(F)c3O[C@H]2C)cnn1CC(C)C. The van der Waals surface area contributed by atoms with Gasteiger partial charge in [-0.3, -0.25) is 9.48 Å². The fraction of sp³-hybridized carbons (Fsp3) is 0.444. The molecule has 2 heterocycles. The summed E-state index contributed by atoms with van der Waals surface area (Å²) >= 11 is 0. The molecule has 24 heavy (non-hydrogen) atoms. The minimum absolute atomic E-state index is 0.222. The average Bonchev–Trinajstić information content (AvgIpc) is 3.02. The number of benzene rings is 1. The van der Waals surface area contributed by atoms with Crippen LogP contribution >= 0.6 is 0 Å². The zero-order valence-corrected chi connectivity index (χ0v) is 14.3. The van der Waals surface area contributed by atoms with Crippen LogP contribution in [0.15, 0.2) is 24.4 Å². The molecule has 1 aliphatic heterocycles. The Labute approximate surface area is 140 Å². The summed E-state index contributed by atoms with van der Waals surface area (Å²) in [4.78, 5) is 12.6. The number of halogens is 1. The largest absolute Gasteiger partial charge is 0.485 e. The highest BCUT2D eigenvalue weighted by molar-refractivity contribution is 5.95. The second-order valence-corrected chi connectivity index (χ2v) is 6.65. The van der Waals surface area contributed by atoms with Crippen molar-refractivity contribution in [3.05, 3.63) is 47.0 Å². The standard InChI is InChI=1S/C18H22FN3O2/c1-10(2)9-22-11(3)14(8-20-22)18(23)21-16-12(4)24-17-13(16)6-5-7-15(17)19/h5-8,10,12,16H,9H2,1-4H3,(H,21,23)/t12-,16+/m0/s1. The summed E-state index contributed by atoms with van der Waals surface area (Å²) in [7, 11) is 0. The van der Waals surface area contributed by atoms with Crippen molar-refractivity contribution in [1.29, 1.82) is 0 Å². The maximum Gasteiger partial charge on any atom is 0.255 e. The van der Waals surface area contributed by atoms with Crippen LogP contribution in [0.5, 0.6) is 5.75 Å². The van der Waals surface area contributed by atoms with Crippen molar-refractivity contribution < 1.29 is 13.9 Å². The van der Waals surface area contributed by atoms with Gasteiger partial charge in [-0.1, -0.05) is 26.0 Å². The molecule has 0 unspecified atom stereocenters. The lowest BCUT2D eigenvalue weighted by Crippen LogP contribution is -2.34. The molecule has 6 heteroatoms. The Kier molecular flexibility index (Phi) is 4.30. The first-order chi connectivity index (χ1) is 11.4. The van der Waals surface area contributed by atoms with Crippen molar-refractivity contribution in [3.8, 4) is 5.75 Å². The van der Waals surface area contributed by atoms with E-state index in [0.717, 1.165) is 12.2 Å². The molecular weight excluding hydrogens is 309 g/mol. The van der Waals surface area contributed by atoms with Gasteiger partial charge in [-0.2, -0.15) is 5.10 Å². The summed E-state index contributed by atoms with van der Waals surface area (Å²) < 4.78 is 21.2. The molecule has 1 aliphatic rings. The number of carbonyl (C=O) groups is 1. The topological polar surface area (TPSA) is 56.1 Å². The van der Waals surface area contributed by atoms with Crippen LogP contribution in [0, 0.1) is 18.7 Å². The number of rotatable bonds is 4.